The van der Waals surface area contributed by atoms with E-state index in [9.17, 15) is 17.6 Å². The topological polar surface area (TPSA) is 132 Å². The molecule has 0 bridgehead atoms. The summed E-state index contributed by atoms with van der Waals surface area (Å²) in [6, 6.07) is 5.53. The standard InChI is InChI=1S/C14H19FN2O3S.C2H2O4/c1-2-10-21(19,20)17-8-6-16(7-9-17)14(18)12-4-3-5-13(15)11-12;3-1(4)2(5)6/h3-5,11H,2,6-10H2,1H3;(H,3,4)(H,5,6). The van der Waals surface area contributed by atoms with Crippen LogP contribution >= 0.6 is 0 Å². The first kappa shape index (κ1) is 22.5. The summed E-state index contributed by atoms with van der Waals surface area (Å²) in [5.41, 5.74) is 0.292. The number of rotatable bonds is 4. The summed E-state index contributed by atoms with van der Waals surface area (Å²) in [6.45, 7) is 3.07. The molecule has 1 saturated heterocycles. The highest BCUT2D eigenvalue weighted by atomic mass is 32.2. The molecule has 2 rings (SSSR count). The number of aliphatic carboxylic acids is 2. The maximum absolute atomic E-state index is 13.1. The second kappa shape index (κ2) is 9.97. The van der Waals surface area contributed by atoms with Crippen LogP contribution in [0.5, 0.6) is 0 Å². The molecule has 1 fully saturated rings. The molecule has 1 aromatic rings. The number of hydrogen-bond acceptors (Lipinski definition) is 5. The monoisotopic (exact) mass is 404 g/mol. The van der Waals surface area contributed by atoms with Crippen LogP contribution in [-0.2, 0) is 19.6 Å². The van der Waals surface area contributed by atoms with Gasteiger partial charge in [-0.05, 0) is 24.6 Å². The van der Waals surface area contributed by atoms with Crippen molar-refractivity contribution in [3.63, 3.8) is 0 Å². The number of hydrogen-bond donors (Lipinski definition) is 2. The number of piperazine rings is 1. The molecule has 0 spiro atoms. The van der Waals surface area contributed by atoms with E-state index in [0.29, 0.717) is 38.2 Å². The molecule has 0 atom stereocenters. The van der Waals surface area contributed by atoms with E-state index in [2.05, 4.69) is 0 Å². The van der Waals surface area contributed by atoms with Crippen molar-refractivity contribution in [3.8, 4) is 0 Å². The third kappa shape index (κ3) is 6.94. The van der Waals surface area contributed by atoms with Crippen LogP contribution in [0.2, 0.25) is 0 Å². The van der Waals surface area contributed by atoms with Crippen LogP contribution in [0, 0.1) is 5.82 Å². The lowest BCUT2D eigenvalue weighted by Gasteiger charge is -2.34. The van der Waals surface area contributed by atoms with Crippen molar-refractivity contribution in [2.75, 3.05) is 31.9 Å². The minimum Gasteiger partial charge on any atom is -0.473 e. The predicted molar refractivity (Wildman–Crippen MR) is 93.2 cm³/mol. The third-order valence-electron chi connectivity index (χ3n) is 3.64. The first-order valence-corrected chi connectivity index (χ1v) is 9.68. The van der Waals surface area contributed by atoms with Crippen molar-refractivity contribution in [2.45, 2.75) is 13.3 Å². The highest BCUT2D eigenvalue weighted by Gasteiger charge is 2.28. The molecule has 1 aliphatic heterocycles. The molecule has 0 radical (unpaired) electrons. The minimum atomic E-state index is -3.22. The number of carbonyl (C=O) groups excluding carboxylic acids is 1. The van der Waals surface area contributed by atoms with Crippen LogP contribution in [0.1, 0.15) is 23.7 Å². The smallest absolute Gasteiger partial charge is 0.414 e. The first-order chi connectivity index (χ1) is 12.6. The van der Waals surface area contributed by atoms with Gasteiger partial charge in [-0.3, -0.25) is 4.79 Å². The van der Waals surface area contributed by atoms with Crippen molar-refractivity contribution < 1.29 is 37.4 Å². The van der Waals surface area contributed by atoms with Gasteiger partial charge in [0, 0.05) is 31.7 Å². The number of carbonyl (C=O) groups is 3. The van der Waals surface area contributed by atoms with Gasteiger partial charge in [0.15, 0.2) is 0 Å². The van der Waals surface area contributed by atoms with E-state index in [0.717, 1.165) is 0 Å². The Morgan fingerprint density at radius 3 is 2.07 bits per heavy atom. The summed E-state index contributed by atoms with van der Waals surface area (Å²) < 4.78 is 38.5. The predicted octanol–water partition coefficient (Wildman–Crippen LogP) is 0.479. The molecular formula is C16H21FN2O7S. The molecule has 1 aromatic carbocycles. The molecule has 0 saturated carbocycles. The molecule has 2 N–H and O–H groups in total. The number of sulfonamides is 1. The molecule has 0 aliphatic carbocycles. The second-order valence-corrected chi connectivity index (χ2v) is 7.72. The zero-order chi connectivity index (χ0) is 20.6. The summed E-state index contributed by atoms with van der Waals surface area (Å²) in [6.07, 6.45) is 0.574. The van der Waals surface area contributed by atoms with Gasteiger partial charge in [0.05, 0.1) is 5.75 Å². The summed E-state index contributed by atoms with van der Waals surface area (Å²) in [5.74, 6) is -4.23. The van der Waals surface area contributed by atoms with Crippen molar-refractivity contribution >= 4 is 27.9 Å². The molecular weight excluding hydrogens is 383 g/mol. The Labute approximate surface area is 156 Å². The quantitative estimate of drug-likeness (QED) is 0.698. The molecule has 0 aromatic heterocycles. The van der Waals surface area contributed by atoms with E-state index in [1.54, 1.807) is 11.0 Å². The molecule has 27 heavy (non-hydrogen) atoms. The molecule has 1 aliphatic rings. The molecule has 150 valence electrons. The van der Waals surface area contributed by atoms with Gasteiger partial charge in [-0.1, -0.05) is 13.0 Å². The van der Waals surface area contributed by atoms with Gasteiger partial charge in [-0.25, -0.2) is 22.4 Å². The average Bonchev–Trinajstić information content (AvgIpc) is 2.61. The fraction of sp³-hybridized carbons (Fsp3) is 0.438. The Morgan fingerprint density at radius 1 is 1.07 bits per heavy atom. The van der Waals surface area contributed by atoms with E-state index < -0.39 is 27.8 Å². The zero-order valence-corrected chi connectivity index (χ0v) is 15.5. The number of carboxylic acids is 2. The molecule has 1 heterocycles. The van der Waals surface area contributed by atoms with Crippen molar-refractivity contribution in [1.82, 2.24) is 9.21 Å². The van der Waals surface area contributed by atoms with Crippen molar-refractivity contribution in [3.05, 3.63) is 35.6 Å². The van der Waals surface area contributed by atoms with Gasteiger partial charge in [-0.15, -0.1) is 0 Å². The Hall–Kier alpha value is -2.53. The van der Waals surface area contributed by atoms with Gasteiger partial charge >= 0.3 is 11.9 Å². The SMILES string of the molecule is CCCS(=O)(=O)N1CCN(C(=O)c2cccc(F)c2)CC1.O=C(O)C(=O)O. The lowest BCUT2D eigenvalue weighted by molar-refractivity contribution is -0.159. The summed E-state index contributed by atoms with van der Waals surface area (Å²) in [4.78, 5) is 32.0. The third-order valence-corrected chi connectivity index (χ3v) is 5.71. The van der Waals surface area contributed by atoms with E-state index in [4.69, 9.17) is 19.8 Å². The average molecular weight is 404 g/mol. The maximum atomic E-state index is 13.1. The molecule has 0 unspecified atom stereocenters. The largest absolute Gasteiger partial charge is 0.473 e. The van der Waals surface area contributed by atoms with Crippen LogP contribution in [0.3, 0.4) is 0 Å². The van der Waals surface area contributed by atoms with Crippen molar-refractivity contribution in [2.24, 2.45) is 0 Å². The van der Waals surface area contributed by atoms with E-state index >= 15 is 0 Å². The molecule has 9 nitrogen and oxygen atoms in total. The highest BCUT2D eigenvalue weighted by molar-refractivity contribution is 7.89. The van der Waals surface area contributed by atoms with Crippen molar-refractivity contribution in [1.29, 1.82) is 0 Å². The van der Waals surface area contributed by atoms with Gasteiger partial charge in [0.1, 0.15) is 5.82 Å². The van der Waals surface area contributed by atoms with Gasteiger partial charge < -0.3 is 15.1 Å². The second-order valence-electron chi connectivity index (χ2n) is 5.63. The van der Waals surface area contributed by atoms with Crippen LogP contribution in [0.25, 0.3) is 0 Å². The van der Waals surface area contributed by atoms with E-state index in [1.807, 2.05) is 6.92 Å². The number of benzene rings is 1. The summed E-state index contributed by atoms with van der Waals surface area (Å²) in [5, 5.41) is 14.8. The number of carboxylic acid groups (broad SMARTS) is 2. The van der Waals surface area contributed by atoms with Crippen LogP contribution < -0.4 is 0 Å². The van der Waals surface area contributed by atoms with Gasteiger partial charge in [-0.2, -0.15) is 4.31 Å². The highest BCUT2D eigenvalue weighted by Crippen LogP contribution is 2.13. The zero-order valence-electron chi connectivity index (χ0n) is 14.7. The van der Waals surface area contributed by atoms with E-state index in [-0.39, 0.29) is 11.7 Å². The normalized spacial score (nSPS) is 14.8. The lowest BCUT2D eigenvalue weighted by atomic mass is 10.2. The molecule has 11 heteroatoms. The molecule has 1 amide bonds. The van der Waals surface area contributed by atoms with Crippen LogP contribution in [0.15, 0.2) is 24.3 Å². The van der Waals surface area contributed by atoms with Crippen LogP contribution in [-0.4, -0.2) is 77.6 Å². The summed E-state index contributed by atoms with van der Waals surface area (Å²) >= 11 is 0. The number of halogens is 1. The van der Waals surface area contributed by atoms with E-state index in [1.165, 1.54) is 22.5 Å². The fourth-order valence-electron chi connectivity index (χ4n) is 2.36. The Balaban J connectivity index is 0.000000527. The lowest BCUT2D eigenvalue weighted by Crippen LogP contribution is -2.51. The Morgan fingerprint density at radius 2 is 1.63 bits per heavy atom. The minimum absolute atomic E-state index is 0.130. The van der Waals surface area contributed by atoms with Gasteiger partial charge in [0.2, 0.25) is 10.0 Å². The summed E-state index contributed by atoms with van der Waals surface area (Å²) in [7, 11) is -3.22. The number of nitrogens with zero attached hydrogens (tertiary/aromatic N) is 2. The Bertz CT molecular complexity index is 778. The fourth-order valence-corrected chi connectivity index (χ4v) is 3.85. The maximum Gasteiger partial charge on any atom is 0.414 e. The Kier molecular flexibility index (Phi) is 8.32. The first-order valence-electron chi connectivity index (χ1n) is 8.07. The number of amides is 1. The van der Waals surface area contributed by atoms with Crippen LogP contribution in [0.4, 0.5) is 4.39 Å². The van der Waals surface area contributed by atoms with Gasteiger partial charge in [0.25, 0.3) is 5.91 Å².